The van der Waals surface area contributed by atoms with Crippen LogP contribution in [0.5, 0.6) is 0 Å². The van der Waals surface area contributed by atoms with Gasteiger partial charge in [-0.15, -0.1) is 0 Å². The molecule has 3 unspecified atom stereocenters. The van der Waals surface area contributed by atoms with Crippen molar-refractivity contribution in [3.63, 3.8) is 0 Å². The van der Waals surface area contributed by atoms with E-state index < -0.39 is 0 Å². The molecule has 0 bridgehead atoms. The number of hydrogen-bond acceptors (Lipinski definition) is 3. The topological polar surface area (TPSA) is 42.7 Å². The highest BCUT2D eigenvalue weighted by atomic mass is 19.1. The van der Waals surface area contributed by atoms with Crippen molar-refractivity contribution >= 4 is 5.69 Å². The quantitative estimate of drug-likeness (QED) is 0.934. The largest absolute Gasteiger partial charge is 0.380 e. The Labute approximate surface area is 118 Å². The molecule has 0 saturated heterocycles. The summed E-state index contributed by atoms with van der Waals surface area (Å²) in [6.07, 6.45) is 6.73. The minimum Gasteiger partial charge on any atom is -0.380 e. The lowest BCUT2D eigenvalue weighted by Crippen LogP contribution is -2.36. The minimum atomic E-state index is -0.208. The fourth-order valence-electron chi connectivity index (χ4n) is 2.96. The average Bonchev–Trinajstić information content (AvgIpc) is 2.97. The number of nitrogens with zero attached hydrogens (tertiary/aromatic N) is 3. The average molecular weight is 274 g/mol. The predicted octanol–water partition coefficient (Wildman–Crippen LogP) is 3.26. The van der Waals surface area contributed by atoms with E-state index in [1.54, 1.807) is 24.8 Å². The van der Waals surface area contributed by atoms with Crippen LogP contribution in [0.1, 0.15) is 32.2 Å². The van der Waals surface area contributed by atoms with Crippen molar-refractivity contribution in [2.45, 2.75) is 38.3 Å². The molecule has 0 aliphatic heterocycles. The van der Waals surface area contributed by atoms with Crippen LogP contribution in [0, 0.1) is 11.7 Å². The molecule has 0 radical (unpaired) electrons. The number of halogens is 1. The fourth-order valence-corrected chi connectivity index (χ4v) is 2.96. The smallest absolute Gasteiger partial charge is 0.137 e. The molecule has 4 nitrogen and oxygen atoms in total. The highest BCUT2D eigenvalue weighted by Gasteiger charge is 2.30. The van der Waals surface area contributed by atoms with Crippen molar-refractivity contribution in [3.8, 4) is 0 Å². The molecule has 20 heavy (non-hydrogen) atoms. The van der Waals surface area contributed by atoms with Crippen molar-refractivity contribution in [2.24, 2.45) is 5.92 Å². The molecule has 1 N–H and O–H groups in total. The summed E-state index contributed by atoms with van der Waals surface area (Å²) < 4.78 is 14.9. The molecule has 3 rings (SSSR count). The Kier molecular flexibility index (Phi) is 3.67. The third kappa shape index (κ3) is 2.81. The van der Waals surface area contributed by atoms with Gasteiger partial charge in [0, 0.05) is 11.7 Å². The predicted molar refractivity (Wildman–Crippen MR) is 75.9 cm³/mol. The standard InChI is InChI=1S/C15H19FN4/c1-11-2-7-14(15(8-11)20-10-17-9-18-20)19-13-5-3-12(16)4-6-13/h3-6,9-11,14-15,19H,2,7-8H2,1H3. The Morgan fingerprint density at radius 1 is 1.25 bits per heavy atom. The Balaban J connectivity index is 1.77. The second-order valence-electron chi connectivity index (χ2n) is 5.62. The second-order valence-corrected chi connectivity index (χ2v) is 5.62. The molecule has 5 heteroatoms. The lowest BCUT2D eigenvalue weighted by Gasteiger charge is -2.35. The van der Waals surface area contributed by atoms with Gasteiger partial charge in [0.2, 0.25) is 0 Å². The summed E-state index contributed by atoms with van der Waals surface area (Å²) in [5.74, 6) is 0.483. The fraction of sp³-hybridized carbons (Fsp3) is 0.467. The first kappa shape index (κ1) is 13.1. The van der Waals surface area contributed by atoms with Gasteiger partial charge in [0.15, 0.2) is 0 Å². The van der Waals surface area contributed by atoms with E-state index in [0.29, 0.717) is 18.0 Å². The summed E-state index contributed by atoms with van der Waals surface area (Å²) in [4.78, 5) is 4.05. The maximum absolute atomic E-state index is 13.0. The third-order valence-electron chi connectivity index (χ3n) is 4.05. The van der Waals surface area contributed by atoms with Gasteiger partial charge in [-0.1, -0.05) is 6.92 Å². The van der Waals surface area contributed by atoms with Crippen LogP contribution < -0.4 is 5.32 Å². The van der Waals surface area contributed by atoms with E-state index in [1.165, 1.54) is 18.6 Å². The number of hydrogen-bond donors (Lipinski definition) is 1. The molecular weight excluding hydrogens is 255 g/mol. The first-order chi connectivity index (χ1) is 9.72. The zero-order valence-corrected chi connectivity index (χ0v) is 11.5. The van der Waals surface area contributed by atoms with Crippen molar-refractivity contribution in [1.29, 1.82) is 0 Å². The van der Waals surface area contributed by atoms with Gasteiger partial charge in [0.25, 0.3) is 0 Å². The molecule has 2 aromatic rings. The van der Waals surface area contributed by atoms with Crippen molar-refractivity contribution < 1.29 is 4.39 Å². The molecule has 1 heterocycles. The van der Waals surface area contributed by atoms with Crippen molar-refractivity contribution in [1.82, 2.24) is 14.8 Å². The molecule has 106 valence electrons. The van der Waals surface area contributed by atoms with Crippen LogP contribution in [0.2, 0.25) is 0 Å². The summed E-state index contributed by atoms with van der Waals surface area (Å²) in [5, 5.41) is 7.80. The van der Waals surface area contributed by atoms with E-state index in [4.69, 9.17) is 0 Å². The van der Waals surface area contributed by atoms with Gasteiger partial charge in [0.1, 0.15) is 18.5 Å². The number of rotatable bonds is 3. The monoisotopic (exact) mass is 274 g/mol. The molecule has 0 amide bonds. The number of benzene rings is 1. The summed E-state index contributed by atoms with van der Waals surface area (Å²) in [6, 6.07) is 7.14. The Morgan fingerprint density at radius 2 is 2.05 bits per heavy atom. The van der Waals surface area contributed by atoms with Crippen LogP contribution in [-0.4, -0.2) is 20.8 Å². The van der Waals surface area contributed by atoms with Crippen LogP contribution >= 0.6 is 0 Å². The zero-order valence-electron chi connectivity index (χ0n) is 11.5. The molecule has 0 spiro atoms. The second kappa shape index (κ2) is 5.61. The molecule has 3 atom stereocenters. The van der Waals surface area contributed by atoms with E-state index in [9.17, 15) is 4.39 Å². The van der Waals surface area contributed by atoms with Crippen LogP contribution in [0.3, 0.4) is 0 Å². The molecule has 1 aliphatic carbocycles. The molecule has 1 aromatic carbocycles. The van der Waals surface area contributed by atoms with Crippen molar-refractivity contribution in [2.75, 3.05) is 5.32 Å². The van der Waals surface area contributed by atoms with Crippen LogP contribution in [0.15, 0.2) is 36.9 Å². The van der Waals surface area contributed by atoms with E-state index in [0.717, 1.165) is 18.5 Å². The van der Waals surface area contributed by atoms with Crippen molar-refractivity contribution in [3.05, 3.63) is 42.7 Å². The molecular formula is C15H19FN4. The van der Waals surface area contributed by atoms with E-state index in [-0.39, 0.29) is 5.82 Å². The highest BCUT2D eigenvalue weighted by Crippen LogP contribution is 2.33. The SMILES string of the molecule is CC1CCC(Nc2ccc(F)cc2)C(n2cncn2)C1. The summed E-state index contributed by atoms with van der Waals surface area (Å²) in [7, 11) is 0. The molecule has 1 saturated carbocycles. The Hall–Kier alpha value is -1.91. The van der Waals surface area contributed by atoms with Gasteiger partial charge in [-0.05, 0) is 49.4 Å². The summed E-state index contributed by atoms with van der Waals surface area (Å²) in [5.41, 5.74) is 0.955. The first-order valence-electron chi connectivity index (χ1n) is 7.08. The lowest BCUT2D eigenvalue weighted by molar-refractivity contribution is 0.244. The minimum absolute atomic E-state index is 0.208. The molecule has 1 aliphatic rings. The zero-order chi connectivity index (χ0) is 13.9. The van der Waals surface area contributed by atoms with E-state index in [1.807, 2.05) is 4.68 Å². The molecule has 1 fully saturated rings. The first-order valence-corrected chi connectivity index (χ1v) is 7.08. The van der Waals surface area contributed by atoms with E-state index >= 15 is 0 Å². The molecule has 1 aromatic heterocycles. The van der Waals surface area contributed by atoms with Gasteiger partial charge in [0.05, 0.1) is 6.04 Å². The number of nitrogens with one attached hydrogen (secondary N) is 1. The maximum atomic E-state index is 13.0. The summed E-state index contributed by atoms with van der Waals surface area (Å²) in [6.45, 7) is 2.28. The van der Waals surface area contributed by atoms with Crippen LogP contribution in [-0.2, 0) is 0 Å². The summed E-state index contributed by atoms with van der Waals surface area (Å²) >= 11 is 0. The van der Waals surface area contributed by atoms with Gasteiger partial charge in [-0.2, -0.15) is 5.10 Å². The van der Waals surface area contributed by atoms with Gasteiger partial charge < -0.3 is 5.32 Å². The highest BCUT2D eigenvalue weighted by molar-refractivity contribution is 5.44. The number of anilines is 1. The van der Waals surface area contributed by atoms with E-state index in [2.05, 4.69) is 22.3 Å². The van der Waals surface area contributed by atoms with Gasteiger partial charge in [-0.25, -0.2) is 14.1 Å². The van der Waals surface area contributed by atoms with Crippen LogP contribution in [0.25, 0.3) is 0 Å². The van der Waals surface area contributed by atoms with Crippen LogP contribution in [0.4, 0.5) is 10.1 Å². The normalized spacial score (nSPS) is 26.4. The van der Waals surface area contributed by atoms with Gasteiger partial charge in [-0.3, -0.25) is 0 Å². The Morgan fingerprint density at radius 3 is 2.75 bits per heavy atom. The van der Waals surface area contributed by atoms with Gasteiger partial charge >= 0.3 is 0 Å². The lowest BCUT2D eigenvalue weighted by atomic mass is 9.83. The third-order valence-corrected chi connectivity index (χ3v) is 4.05. The Bertz CT molecular complexity index is 538. The maximum Gasteiger partial charge on any atom is 0.137 e. The number of aromatic nitrogens is 3.